The number of rotatable bonds is 2. The van der Waals surface area contributed by atoms with Gasteiger partial charge in [-0.15, -0.1) is 0 Å². The van der Waals surface area contributed by atoms with Gasteiger partial charge in [0.2, 0.25) is 0 Å². The van der Waals surface area contributed by atoms with Crippen molar-refractivity contribution in [2.45, 2.75) is 32.0 Å². The van der Waals surface area contributed by atoms with E-state index in [0.29, 0.717) is 6.42 Å². The van der Waals surface area contributed by atoms with Crippen molar-refractivity contribution in [1.29, 1.82) is 0 Å². The smallest absolute Gasteiger partial charge is 0.308 e. The maximum absolute atomic E-state index is 11.1. The molecule has 4 nitrogen and oxygen atoms in total. The Morgan fingerprint density at radius 3 is 2.83 bits per heavy atom. The van der Waals surface area contributed by atoms with Crippen molar-refractivity contribution in [1.82, 2.24) is 0 Å². The van der Waals surface area contributed by atoms with Gasteiger partial charge in [0.1, 0.15) is 6.10 Å². The molecule has 0 aromatic rings. The van der Waals surface area contributed by atoms with Gasteiger partial charge in [0, 0.05) is 6.42 Å². The summed E-state index contributed by atoms with van der Waals surface area (Å²) in [5, 5.41) is 0. The number of carbonyl (C=O) groups is 2. The normalized spacial score (nSPS) is 29.0. The van der Waals surface area contributed by atoms with E-state index in [9.17, 15) is 9.59 Å². The van der Waals surface area contributed by atoms with Crippen LogP contribution in [0.15, 0.2) is 0 Å². The van der Waals surface area contributed by atoms with E-state index in [1.165, 1.54) is 7.11 Å². The molecule has 0 aliphatic carbocycles. The molecule has 0 spiro atoms. The first-order chi connectivity index (χ1) is 5.63. The lowest BCUT2D eigenvalue weighted by Gasteiger charge is -2.06. The molecular formula is C8H12O4. The molecule has 4 heteroatoms. The molecule has 0 amide bonds. The van der Waals surface area contributed by atoms with Crippen molar-refractivity contribution in [3.05, 3.63) is 0 Å². The average Bonchev–Trinajstić information content (AvgIpc) is 2.30. The number of esters is 1. The van der Waals surface area contributed by atoms with Gasteiger partial charge < -0.3 is 9.47 Å². The molecule has 0 saturated carbocycles. The van der Waals surface area contributed by atoms with Crippen LogP contribution >= 0.6 is 0 Å². The van der Waals surface area contributed by atoms with Gasteiger partial charge in [-0.1, -0.05) is 0 Å². The third-order valence-corrected chi connectivity index (χ3v) is 1.82. The van der Waals surface area contributed by atoms with E-state index in [1.54, 1.807) is 0 Å². The molecule has 1 saturated heterocycles. The highest BCUT2D eigenvalue weighted by Gasteiger charge is 2.32. The number of ether oxygens (including phenoxy) is 2. The minimum Gasteiger partial charge on any atom is -0.469 e. The third kappa shape index (κ3) is 2.04. The molecule has 1 heterocycles. The standard InChI is InChI=1S/C8H12O4/c1-5-3-6(9)7(12-5)4-8(10)11-2/h5,7H,3-4H2,1-2H3/t5-,7+/m1/s1. The number of Topliss-reactive ketones (excluding diaryl/α,β-unsaturated/α-hetero) is 1. The van der Waals surface area contributed by atoms with Crippen LogP contribution in [0.1, 0.15) is 19.8 Å². The lowest BCUT2D eigenvalue weighted by Crippen LogP contribution is -2.20. The molecule has 0 aromatic carbocycles. The van der Waals surface area contributed by atoms with Crippen LogP contribution in [-0.2, 0) is 19.1 Å². The summed E-state index contributed by atoms with van der Waals surface area (Å²) in [6.07, 6.45) is -0.193. The Balaban J connectivity index is 2.43. The largest absolute Gasteiger partial charge is 0.469 e. The van der Waals surface area contributed by atoms with Gasteiger partial charge in [0.15, 0.2) is 5.78 Å². The van der Waals surface area contributed by atoms with Gasteiger partial charge in [-0.2, -0.15) is 0 Å². The Kier molecular flexibility index (Phi) is 2.81. The molecule has 12 heavy (non-hydrogen) atoms. The zero-order valence-electron chi connectivity index (χ0n) is 7.20. The Labute approximate surface area is 70.8 Å². The second kappa shape index (κ2) is 3.67. The fraction of sp³-hybridized carbons (Fsp3) is 0.750. The zero-order valence-corrected chi connectivity index (χ0v) is 7.20. The van der Waals surface area contributed by atoms with Gasteiger partial charge >= 0.3 is 5.97 Å². The molecule has 0 N–H and O–H groups in total. The molecule has 2 atom stereocenters. The van der Waals surface area contributed by atoms with E-state index in [0.717, 1.165) is 0 Å². The lowest BCUT2D eigenvalue weighted by molar-refractivity contribution is -0.145. The number of ketones is 1. The van der Waals surface area contributed by atoms with Crippen LogP contribution in [0.25, 0.3) is 0 Å². The number of carbonyl (C=O) groups excluding carboxylic acids is 2. The second-order valence-corrected chi connectivity index (χ2v) is 2.89. The van der Waals surface area contributed by atoms with Gasteiger partial charge in [-0.05, 0) is 6.92 Å². The summed E-state index contributed by atoms with van der Waals surface area (Å²) in [6.45, 7) is 1.81. The van der Waals surface area contributed by atoms with Crippen LogP contribution in [-0.4, -0.2) is 31.1 Å². The minimum absolute atomic E-state index is 0.00657. The summed E-state index contributed by atoms with van der Waals surface area (Å²) in [6, 6.07) is 0. The van der Waals surface area contributed by atoms with Gasteiger partial charge in [-0.3, -0.25) is 9.59 Å². The third-order valence-electron chi connectivity index (χ3n) is 1.82. The molecule has 0 aromatic heterocycles. The molecule has 0 unspecified atom stereocenters. The summed E-state index contributed by atoms with van der Waals surface area (Å²) in [4.78, 5) is 21.9. The van der Waals surface area contributed by atoms with E-state index in [-0.39, 0.29) is 18.3 Å². The average molecular weight is 172 g/mol. The summed E-state index contributed by atoms with van der Waals surface area (Å²) in [7, 11) is 1.30. The Morgan fingerprint density at radius 1 is 1.75 bits per heavy atom. The molecule has 0 bridgehead atoms. The number of hydrogen-bond acceptors (Lipinski definition) is 4. The fourth-order valence-corrected chi connectivity index (χ4v) is 1.22. The van der Waals surface area contributed by atoms with Crippen LogP contribution < -0.4 is 0 Å². The van der Waals surface area contributed by atoms with E-state index < -0.39 is 12.1 Å². The summed E-state index contributed by atoms with van der Waals surface area (Å²) in [5.74, 6) is -0.407. The predicted molar refractivity (Wildman–Crippen MR) is 40.6 cm³/mol. The SMILES string of the molecule is COC(=O)C[C@@H]1O[C@H](C)CC1=O. The molecule has 68 valence electrons. The molecule has 0 radical (unpaired) electrons. The first kappa shape index (κ1) is 9.19. The zero-order chi connectivity index (χ0) is 9.14. The molecule has 1 fully saturated rings. The van der Waals surface area contributed by atoms with E-state index in [2.05, 4.69) is 4.74 Å². The van der Waals surface area contributed by atoms with Gasteiger partial charge in [0.25, 0.3) is 0 Å². The quantitative estimate of drug-likeness (QED) is 0.562. The fourth-order valence-electron chi connectivity index (χ4n) is 1.22. The first-order valence-corrected chi connectivity index (χ1v) is 3.88. The van der Waals surface area contributed by atoms with Crippen molar-refractivity contribution in [3.63, 3.8) is 0 Å². The molecule has 1 aliphatic rings. The minimum atomic E-state index is -0.576. The van der Waals surface area contributed by atoms with E-state index >= 15 is 0 Å². The van der Waals surface area contributed by atoms with Crippen LogP contribution in [0.5, 0.6) is 0 Å². The van der Waals surface area contributed by atoms with E-state index in [1.807, 2.05) is 6.92 Å². The Hall–Kier alpha value is -0.900. The number of hydrogen-bond donors (Lipinski definition) is 0. The van der Waals surface area contributed by atoms with Crippen molar-refractivity contribution in [2.75, 3.05) is 7.11 Å². The highest BCUT2D eigenvalue weighted by Crippen LogP contribution is 2.18. The van der Waals surface area contributed by atoms with Crippen molar-refractivity contribution in [3.8, 4) is 0 Å². The topological polar surface area (TPSA) is 52.6 Å². The van der Waals surface area contributed by atoms with Crippen molar-refractivity contribution >= 4 is 11.8 Å². The summed E-state index contributed by atoms with van der Waals surface area (Å²) in [5.41, 5.74) is 0. The maximum Gasteiger partial charge on any atom is 0.308 e. The number of methoxy groups -OCH3 is 1. The van der Waals surface area contributed by atoms with Crippen molar-refractivity contribution < 1.29 is 19.1 Å². The molecule has 1 aliphatic heterocycles. The maximum atomic E-state index is 11.1. The van der Waals surface area contributed by atoms with Crippen molar-refractivity contribution in [2.24, 2.45) is 0 Å². The van der Waals surface area contributed by atoms with Crippen LogP contribution in [0, 0.1) is 0 Å². The monoisotopic (exact) mass is 172 g/mol. The predicted octanol–water partition coefficient (Wildman–Crippen LogP) is 0.296. The summed E-state index contributed by atoms with van der Waals surface area (Å²) >= 11 is 0. The first-order valence-electron chi connectivity index (χ1n) is 3.88. The molecular weight excluding hydrogens is 160 g/mol. The Morgan fingerprint density at radius 2 is 2.42 bits per heavy atom. The van der Waals surface area contributed by atoms with Gasteiger partial charge in [0.05, 0.1) is 19.6 Å². The highest BCUT2D eigenvalue weighted by molar-refractivity contribution is 5.89. The van der Waals surface area contributed by atoms with Crippen LogP contribution in [0.4, 0.5) is 0 Å². The van der Waals surface area contributed by atoms with E-state index in [4.69, 9.17) is 4.74 Å². The second-order valence-electron chi connectivity index (χ2n) is 2.89. The summed E-state index contributed by atoms with van der Waals surface area (Å²) < 4.78 is 9.62. The Bertz CT molecular complexity index is 199. The van der Waals surface area contributed by atoms with Crippen LogP contribution in [0.3, 0.4) is 0 Å². The molecule has 1 rings (SSSR count). The highest BCUT2D eigenvalue weighted by atomic mass is 16.5. The lowest BCUT2D eigenvalue weighted by atomic mass is 10.1. The van der Waals surface area contributed by atoms with Crippen LogP contribution in [0.2, 0.25) is 0 Å². The van der Waals surface area contributed by atoms with Gasteiger partial charge in [-0.25, -0.2) is 0 Å².